The summed E-state index contributed by atoms with van der Waals surface area (Å²) in [5.41, 5.74) is 1.70. The SMILES string of the molecule is CNc1cccc(Nc2ccc(F)cc2C)n1. The molecule has 0 fully saturated rings. The molecule has 2 aromatic rings. The van der Waals surface area contributed by atoms with Crippen LogP contribution >= 0.6 is 0 Å². The van der Waals surface area contributed by atoms with Crippen molar-refractivity contribution in [3.05, 3.63) is 47.8 Å². The molecular formula is C13H14FN3. The van der Waals surface area contributed by atoms with Gasteiger partial charge < -0.3 is 10.6 Å². The average Bonchev–Trinajstić information content (AvgIpc) is 2.33. The number of rotatable bonds is 3. The van der Waals surface area contributed by atoms with Crippen LogP contribution in [0.1, 0.15) is 5.56 Å². The summed E-state index contributed by atoms with van der Waals surface area (Å²) in [6.45, 7) is 1.85. The minimum absolute atomic E-state index is 0.231. The van der Waals surface area contributed by atoms with Gasteiger partial charge in [-0.3, -0.25) is 0 Å². The summed E-state index contributed by atoms with van der Waals surface area (Å²) in [6.07, 6.45) is 0. The van der Waals surface area contributed by atoms with Gasteiger partial charge in [0.15, 0.2) is 0 Å². The van der Waals surface area contributed by atoms with Crippen LogP contribution in [-0.4, -0.2) is 12.0 Å². The fraction of sp³-hybridized carbons (Fsp3) is 0.154. The topological polar surface area (TPSA) is 37.0 Å². The third kappa shape index (κ3) is 2.72. The molecule has 0 atom stereocenters. The van der Waals surface area contributed by atoms with Crippen molar-refractivity contribution >= 4 is 17.3 Å². The van der Waals surface area contributed by atoms with Crippen molar-refractivity contribution in [2.75, 3.05) is 17.7 Å². The van der Waals surface area contributed by atoms with E-state index in [2.05, 4.69) is 15.6 Å². The van der Waals surface area contributed by atoms with Gasteiger partial charge >= 0.3 is 0 Å². The Morgan fingerprint density at radius 1 is 1.12 bits per heavy atom. The molecule has 0 bridgehead atoms. The molecule has 1 heterocycles. The Labute approximate surface area is 99.7 Å². The number of aromatic nitrogens is 1. The molecule has 88 valence electrons. The fourth-order valence-electron chi connectivity index (χ4n) is 1.55. The Morgan fingerprint density at radius 3 is 2.59 bits per heavy atom. The molecule has 17 heavy (non-hydrogen) atoms. The summed E-state index contributed by atoms with van der Waals surface area (Å²) in [5, 5.41) is 6.12. The molecule has 0 aliphatic heterocycles. The predicted molar refractivity (Wildman–Crippen MR) is 68.2 cm³/mol. The summed E-state index contributed by atoms with van der Waals surface area (Å²) < 4.78 is 13.0. The zero-order valence-corrected chi connectivity index (χ0v) is 9.79. The highest BCUT2D eigenvalue weighted by molar-refractivity contribution is 5.61. The van der Waals surface area contributed by atoms with E-state index in [1.165, 1.54) is 12.1 Å². The van der Waals surface area contributed by atoms with Gasteiger partial charge in [0.1, 0.15) is 17.5 Å². The van der Waals surface area contributed by atoms with E-state index in [0.29, 0.717) is 0 Å². The summed E-state index contributed by atoms with van der Waals surface area (Å²) in [6, 6.07) is 10.3. The maximum absolute atomic E-state index is 13.0. The van der Waals surface area contributed by atoms with Crippen LogP contribution in [0.2, 0.25) is 0 Å². The van der Waals surface area contributed by atoms with Gasteiger partial charge in [0.05, 0.1) is 0 Å². The number of benzene rings is 1. The zero-order chi connectivity index (χ0) is 12.3. The lowest BCUT2D eigenvalue weighted by atomic mass is 10.2. The smallest absolute Gasteiger partial charge is 0.132 e. The van der Waals surface area contributed by atoms with E-state index in [0.717, 1.165) is 22.9 Å². The lowest BCUT2D eigenvalue weighted by molar-refractivity contribution is 0.627. The van der Waals surface area contributed by atoms with Crippen molar-refractivity contribution in [1.29, 1.82) is 0 Å². The van der Waals surface area contributed by atoms with E-state index in [1.807, 2.05) is 32.2 Å². The normalized spacial score (nSPS) is 10.1. The molecule has 0 aliphatic rings. The molecule has 1 aromatic heterocycles. The highest BCUT2D eigenvalue weighted by atomic mass is 19.1. The monoisotopic (exact) mass is 231 g/mol. The van der Waals surface area contributed by atoms with Gasteiger partial charge in [0.2, 0.25) is 0 Å². The fourth-order valence-corrected chi connectivity index (χ4v) is 1.55. The Hall–Kier alpha value is -2.10. The predicted octanol–water partition coefficient (Wildman–Crippen LogP) is 3.31. The number of aryl methyl sites for hydroxylation is 1. The van der Waals surface area contributed by atoms with Crippen molar-refractivity contribution in [3.63, 3.8) is 0 Å². The van der Waals surface area contributed by atoms with E-state index >= 15 is 0 Å². The van der Waals surface area contributed by atoms with Gasteiger partial charge in [-0.05, 0) is 42.8 Å². The maximum atomic E-state index is 13.0. The molecule has 0 unspecified atom stereocenters. The van der Waals surface area contributed by atoms with Crippen LogP contribution in [0.3, 0.4) is 0 Å². The Kier molecular flexibility index (Phi) is 3.23. The maximum Gasteiger partial charge on any atom is 0.132 e. The number of nitrogens with one attached hydrogen (secondary N) is 2. The van der Waals surface area contributed by atoms with Crippen LogP contribution in [0.4, 0.5) is 21.7 Å². The molecule has 0 amide bonds. The van der Waals surface area contributed by atoms with Gasteiger partial charge in [0, 0.05) is 12.7 Å². The van der Waals surface area contributed by atoms with E-state index in [1.54, 1.807) is 6.07 Å². The highest BCUT2D eigenvalue weighted by Gasteiger charge is 2.01. The van der Waals surface area contributed by atoms with Crippen molar-refractivity contribution in [2.45, 2.75) is 6.92 Å². The summed E-state index contributed by atoms with van der Waals surface area (Å²) in [4.78, 5) is 4.33. The van der Waals surface area contributed by atoms with E-state index in [9.17, 15) is 4.39 Å². The number of nitrogens with zero attached hydrogens (tertiary/aromatic N) is 1. The van der Waals surface area contributed by atoms with Crippen molar-refractivity contribution in [1.82, 2.24) is 4.98 Å². The quantitative estimate of drug-likeness (QED) is 0.850. The van der Waals surface area contributed by atoms with Gasteiger partial charge in [-0.2, -0.15) is 0 Å². The number of hydrogen-bond donors (Lipinski definition) is 2. The van der Waals surface area contributed by atoms with E-state index in [-0.39, 0.29) is 5.82 Å². The molecule has 0 spiro atoms. The summed E-state index contributed by atoms with van der Waals surface area (Å²) in [7, 11) is 1.81. The molecule has 0 aliphatic carbocycles. The zero-order valence-electron chi connectivity index (χ0n) is 9.79. The Bertz CT molecular complexity index is 526. The molecule has 0 radical (unpaired) electrons. The largest absolute Gasteiger partial charge is 0.373 e. The van der Waals surface area contributed by atoms with Crippen LogP contribution in [-0.2, 0) is 0 Å². The number of anilines is 3. The standard InChI is InChI=1S/C13H14FN3/c1-9-8-10(14)6-7-11(9)16-13-5-3-4-12(15-2)17-13/h3-8H,1-2H3,(H2,15,16,17). The minimum atomic E-state index is -0.231. The Morgan fingerprint density at radius 2 is 1.88 bits per heavy atom. The third-order valence-corrected chi connectivity index (χ3v) is 2.46. The van der Waals surface area contributed by atoms with Crippen molar-refractivity contribution < 1.29 is 4.39 Å². The van der Waals surface area contributed by atoms with E-state index < -0.39 is 0 Å². The molecule has 2 N–H and O–H groups in total. The summed E-state index contributed by atoms with van der Waals surface area (Å²) in [5.74, 6) is 1.28. The first-order valence-electron chi connectivity index (χ1n) is 5.37. The Balaban J connectivity index is 2.25. The van der Waals surface area contributed by atoms with Gasteiger partial charge in [0.25, 0.3) is 0 Å². The van der Waals surface area contributed by atoms with Crippen molar-refractivity contribution in [3.8, 4) is 0 Å². The first-order valence-corrected chi connectivity index (χ1v) is 5.37. The lowest BCUT2D eigenvalue weighted by Gasteiger charge is -2.09. The second-order valence-corrected chi connectivity index (χ2v) is 3.74. The third-order valence-electron chi connectivity index (χ3n) is 2.46. The first kappa shape index (κ1) is 11.4. The van der Waals surface area contributed by atoms with Crippen molar-refractivity contribution in [2.24, 2.45) is 0 Å². The van der Waals surface area contributed by atoms with Gasteiger partial charge in [-0.25, -0.2) is 9.37 Å². The summed E-state index contributed by atoms with van der Waals surface area (Å²) >= 11 is 0. The number of halogens is 1. The van der Waals surface area contributed by atoms with Crippen LogP contribution in [0, 0.1) is 12.7 Å². The van der Waals surface area contributed by atoms with Gasteiger partial charge in [-0.15, -0.1) is 0 Å². The molecule has 1 aromatic carbocycles. The second kappa shape index (κ2) is 4.82. The van der Waals surface area contributed by atoms with Crippen LogP contribution in [0.5, 0.6) is 0 Å². The average molecular weight is 231 g/mol. The van der Waals surface area contributed by atoms with Crippen LogP contribution < -0.4 is 10.6 Å². The second-order valence-electron chi connectivity index (χ2n) is 3.74. The molecule has 2 rings (SSSR count). The lowest BCUT2D eigenvalue weighted by Crippen LogP contribution is -1.98. The molecular weight excluding hydrogens is 217 g/mol. The molecule has 4 heteroatoms. The van der Waals surface area contributed by atoms with Crippen LogP contribution in [0.25, 0.3) is 0 Å². The van der Waals surface area contributed by atoms with Crippen LogP contribution in [0.15, 0.2) is 36.4 Å². The number of hydrogen-bond acceptors (Lipinski definition) is 3. The first-order chi connectivity index (χ1) is 8.19. The van der Waals surface area contributed by atoms with E-state index in [4.69, 9.17) is 0 Å². The molecule has 0 saturated heterocycles. The molecule has 0 saturated carbocycles. The molecule has 3 nitrogen and oxygen atoms in total. The van der Waals surface area contributed by atoms with Gasteiger partial charge in [-0.1, -0.05) is 6.07 Å². The number of pyridine rings is 1. The highest BCUT2D eigenvalue weighted by Crippen LogP contribution is 2.20. The minimum Gasteiger partial charge on any atom is -0.373 e.